The first-order valence-corrected chi connectivity index (χ1v) is 11.3. The van der Waals surface area contributed by atoms with Crippen LogP contribution in [0.5, 0.6) is 0 Å². The predicted octanol–water partition coefficient (Wildman–Crippen LogP) is 0.996. The van der Waals surface area contributed by atoms with Gasteiger partial charge in [-0.05, 0) is 32.1 Å². The van der Waals surface area contributed by atoms with Gasteiger partial charge in [-0.15, -0.1) is 11.3 Å². The Balaban J connectivity index is 1.40. The molecule has 2 amide bonds. The molecule has 0 saturated carbocycles. The first kappa shape index (κ1) is 17.0. The highest BCUT2D eigenvalue weighted by Crippen LogP contribution is 2.31. The van der Waals surface area contributed by atoms with Crippen LogP contribution < -0.4 is 5.32 Å². The summed E-state index contributed by atoms with van der Waals surface area (Å²) >= 11 is 1.53. The topological polar surface area (TPSA) is 96.4 Å². The molecule has 3 heterocycles. The van der Waals surface area contributed by atoms with E-state index in [1.165, 1.54) is 22.6 Å². The van der Waals surface area contributed by atoms with Gasteiger partial charge in [0.2, 0.25) is 11.8 Å². The quantitative estimate of drug-likeness (QED) is 0.840. The largest absolute Gasteiger partial charge is 0.338 e. The third-order valence-corrected chi connectivity index (χ3v) is 8.08. The summed E-state index contributed by atoms with van der Waals surface area (Å²) in [5.41, 5.74) is 1.09. The van der Waals surface area contributed by atoms with Crippen molar-refractivity contribution in [1.29, 1.82) is 0 Å². The van der Waals surface area contributed by atoms with Crippen LogP contribution in [0.4, 0.5) is 5.13 Å². The molecule has 25 heavy (non-hydrogen) atoms. The predicted molar refractivity (Wildman–Crippen MR) is 94.3 cm³/mol. The SMILES string of the molecule is O=C(Nc1nc2c(s1)CCCC2)[C@@H]1CC(=O)N([C@H]2CCS(=O)(=O)C2)C1. The molecular weight excluding hydrogens is 362 g/mol. The standard InChI is InChI=1S/C16H21N3O4S2/c20-14-7-10(8-19(14)11-5-6-25(22,23)9-11)15(21)18-16-17-12-3-1-2-4-13(12)24-16/h10-11H,1-9H2,(H,17,18,21)/t10-,11+/m1/s1. The number of hydrogen-bond donors (Lipinski definition) is 1. The van der Waals surface area contributed by atoms with Crippen molar-refractivity contribution in [3.63, 3.8) is 0 Å². The Morgan fingerprint density at radius 1 is 1.28 bits per heavy atom. The highest BCUT2D eigenvalue weighted by Gasteiger charge is 2.42. The maximum absolute atomic E-state index is 12.5. The molecule has 0 unspecified atom stereocenters. The Hall–Kier alpha value is -1.48. The molecular formula is C16H21N3O4S2. The van der Waals surface area contributed by atoms with Crippen molar-refractivity contribution in [2.75, 3.05) is 23.4 Å². The molecule has 1 aliphatic carbocycles. The third kappa shape index (κ3) is 3.44. The van der Waals surface area contributed by atoms with Crippen LogP contribution in [0.25, 0.3) is 0 Å². The molecule has 136 valence electrons. The third-order valence-electron chi connectivity index (χ3n) is 5.25. The van der Waals surface area contributed by atoms with Gasteiger partial charge in [-0.2, -0.15) is 0 Å². The van der Waals surface area contributed by atoms with Gasteiger partial charge in [-0.3, -0.25) is 9.59 Å². The summed E-state index contributed by atoms with van der Waals surface area (Å²) in [6.45, 7) is 0.302. The molecule has 1 N–H and O–H groups in total. The van der Waals surface area contributed by atoms with Crippen LogP contribution >= 0.6 is 11.3 Å². The second-order valence-electron chi connectivity index (χ2n) is 7.09. The molecule has 7 nitrogen and oxygen atoms in total. The normalized spacial score (nSPS) is 28.2. The molecule has 0 radical (unpaired) electrons. The number of carbonyl (C=O) groups is 2. The van der Waals surface area contributed by atoms with Crippen molar-refractivity contribution < 1.29 is 18.0 Å². The summed E-state index contributed by atoms with van der Waals surface area (Å²) in [5, 5.41) is 3.48. The number of fused-ring (bicyclic) bond motifs is 1. The molecule has 2 saturated heterocycles. The minimum absolute atomic E-state index is 0.0201. The summed E-state index contributed by atoms with van der Waals surface area (Å²) in [7, 11) is -3.05. The van der Waals surface area contributed by atoms with Gasteiger partial charge in [0, 0.05) is 23.9 Å². The van der Waals surface area contributed by atoms with Crippen LogP contribution in [-0.4, -0.2) is 54.2 Å². The van der Waals surface area contributed by atoms with Gasteiger partial charge >= 0.3 is 0 Å². The van der Waals surface area contributed by atoms with E-state index in [4.69, 9.17) is 0 Å². The number of nitrogens with one attached hydrogen (secondary N) is 1. The number of hydrogen-bond acceptors (Lipinski definition) is 6. The second kappa shape index (κ2) is 6.35. The molecule has 2 aliphatic heterocycles. The van der Waals surface area contributed by atoms with Crippen LogP contribution in [-0.2, 0) is 32.3 Å². The van der Waals surface area contributed by atoms with Crippen LogP contribution in [0.15, 0.2) is 0 Å². The Morgan fingerprint density at radius 3 is 2.80 bits per heavy atom. The van der Waals surface area contributed by atoms with E-state index in [2.05, 4.69) is 10.3 Å². The molecule has 2 fully saturated rings. The summed E-state index contributed by atoms with van der Waals surface area (Å²) in [6.07, 6.45) is 4.91. The number of sulfone groups is 1. The van der Waals surface area contributed by atoms with Crippen molar-refractivity contribution in [3.05, 3.63) is 10.6 Å². The van der Waals surface area contributed by atoms with Crippen molar-refractivity contribution in [2.45, 2.75) is 44.6 Å². The number of rotatable bonds is 3. The van der Waals surface area contributed by atoms with E-state index >= 15 is 0 Å². The van der Waals surface area contributed by atoms with Gasteiger partial charge in [0.05, 0.1) is 23.1 Å². The molecule has 2 atom stereocenters. The first-order chi connectivity index (χ1) is 11.9. The molecule has 0 spiro atoms. The smallest absolute Gasteiger partial charge is 0.231 e. The van der Waals surface area contributed by atoms with E-state index in [9.17, 15) is 18.0 Å². The lowest BCUT2D eigenvalue weighted by Gasteiger charge is -2.22. The molecule has 4 rings (SSSR count). The van der Waals surface area contributed by atoms with Crippen LogP contribution in [0.2, 0.25) is 0 Å². The second-order valence-corrected chi connectivity index (χ2v) is 10.4. The van der Waals surface area contributed by atoms with Crippen LogP contribution in [0.1, 0.15) is 36.3 Å². The summed E-state index contributed by atoms with van der Waals surface area (Å²) in [5.74, 6) is -0.602. The molecule has 1 aromatic heterocycles. The van der Waals surface area contributed by atoms with Gasteiger partial charge in [-0.1, -0.05) is 0 Å². The highest BCUT2D eigenvalue weighted by molar-refractivity contribution is 7.91. The minimum atomic E-state index is -3.05. The van der Waals surface area contributed by atoms with E-state index in [-0.39, 0.29) is 35.8 Å². The molecule has 9 heteroatoms. The van der Waals surface area contributed by atoms with E-state index < -0.39 is 15.8 Å². The van der Waals surface area contributed by atoms with Gasteiger partial charge in [0.1, 0.15) is 0 Å². The monoisotopic (exact) mass is 383 g/mol. The van der Waals surface area contributed by atoms with Crippen molar-refractivity contribution >= 4 is 38.1 Å². The molecule has 0 bridgehead atoms. The Morgan fingerprint density at radius 2 is 2.08 bits per heavy atom. The Kier molecular flexibility index (Phi) is 4.31. The average molecular weight is 383 g/mol. The van der Waals surface area contributed by atoms with E-state index in [0.717, 1.165) is 25.0 Å². The van der Waals surface area contributed by atoms with E-state index in [1.807, 2.05) is 0 Å². The molecule has 1 aromatic rings. The first-order valence-electron chi connectivity index (χ1n) is 8.70. The fourth-order valence-corrected chi connectivity index (χ4v) is 6.68. The fourth-order valence-electron chi connectivity index (χ4n) is 3.89. The lowest BCUT2D eigenvalue weighted by molar-refractivity contribution is -0.129. The number of thiazole rings is 1. The zero-order valence-electron chi connectivity index (χ0n) is 13.9. The number of anilines is 1. The van der Waals surface area contributed by atoms with Gasteiger partial charge in [-0.25, -0.2) is 13.4 Å². The van der Waals surface area contributed by atoms with Crippen molar-refractivity contribution in [2.24, 2.45) is 5.92 Å². The van der Waals surface area contributed by atoms with Crippen LogP contribution in [0.3, 0.4) is 0 Å². The lowest BCUT2D eigenvalue weighted by Crippen LogP contribution is -2.38. The van der Waals surface area contributed by atoms with Gasteiger partial charge < -0.3 is 10.2 Å². The zero-order chi connectivity index (χ0) is 17.6. The average Bonchev–Trinajstić information content (AvgIpc) is 3.23. The van der Waals surface area contributed by atoms with Crippen LogP contribution in [0, 0.1) is 5.92 Å². The number of amides is 2. The van der Waals surface area contributed by atoms with Gasteiger partial charge in [0.15, 0.2) is 15.0 Å². The maximum atomic E-state index is 12.5. The maximum Gasteiger partial charge on any atom is 0.231 e. The minimum Gasteiger partial charge on any atom is -0.338 e. The van der Waals surface area contributed by atoms with Crippen molar-refractivity contribution in [1.82, 2.24) is 9.88 Å². The Bertz CT molecular complexity index is 794. The van der Waals surface area contributed by atoms with Crippen molar-refractivity contribution in [3.8, 4) is 0 Å². The number of nitrogens with zero attached hydrogens (tertiary/aromatic N) is 2. The summed E-state index contributed by atoms with van der Waals surface area (Å²) < 4.78 is 23.3. The number of carbonyl (C=O) groups excluding carboxylic acids is 2. The summed E-state index contributed by atoms with van der Waals surface area (Å²) in [4.78, 5) is 32.1. The van der Waals surface area contributed by atoms with E-state index in [1.54, 1.807) is 4.90 Å². The zero-order valence-corrected chi connectivity index (χ0v) is 15.5. The lowest BCUT2D eigenvalue weighted by atomic mass is 10.0. The number of aryl methyl sites for hydroxylation is 2. The fraction of sp³-hybridized carbons (Fsp3) is 0.688. The van der Waals surface area contributed by atoms with Gasteiger partial charge in [0.25, 0.3) is 0 Å². The molecule has 3 aliphatic rings. The Labute approximate surface area is 150 Å². The summed E-state index contributed by atoms with van der Waals surface area (Å²) in [6, 6.07) is -0.275. The number of likely N-dealkylation sites (tertiary alicyclic amines) is 1. The van der Waals surface area contributed by atoms with E-state index in [0.29, 0.717) is 18.1 Å². The number of aromatic nitrogens is 1. The molecule has 0 aromatic carbocycles. The highest BCUT2D eigenvalue weighted by atomic mass is 32.2.